The lowest BCUT2D eigenvalue weighted by Gasteiger charge is -2.22. The second-order valence-electron chi connectivity index (χ2n) is 6.00. The van der Waals surface area contributed by atoms with Crippen molar-refractivity contribution < 1.29 is 4.79 Å². The van der Waals surface area contributed by atoms with Gasteiger partial charge in [-0.3, -0.25) is 9.79 Å². The molecule has 1 rings (SSSR count). The van der Waals surface area contributed by atoms with Crippen molar-refractivity contribution in [1.29, 1.82) is 0 Å². The Morgan fingerprint density at radius 1 is 1.24 bits per heavy atom. The van der Waals surface area contributed by atoms with Crippen molar-refractivity contribution in [2.24, 2.45) is 4.99 Å². The van der Waals surface area contributed by atoms with Crippen LogP contribution in [0, 0.1) is 0 Å². The summed E-state index contributed by atoms with van der Waals surface area (Å²) in [5.41, 5.74) is 0.937. The second kappa shape index (κ2) is 7.67. The summed E-state index contributed by atoms with van der Waals surface area (Å²) in [6.45, 7) is 8.11. The van der Waals surface area contributed by atoms with Crippen LogP contribution < -0.4 is 16.0 Å². The van der Waals surface area contributed by atoms with Crippen molar-refractivity contribution in [2.75, 3.05) is 13.6 Å². The molecule has 0 aliphatic heterocycles. The molecule has 116 valence electrons. The predicted molar refractivity (Wildman–Crippen MR) is 87.3 cm³/mol. The number of aliphatic imine (C=N–C) groups is 1. The van der Waals surface area contributed by atoms with Crippen LogP contribution in [0.3, 0.4) is 0 Å². The van der Waals surface area contributed by atoms with Gasteiger partial charge in [0.25, 0.3) is 0 Å². The van der Waals surface area contributed by atoms with E-state index in [1.165, 1.54) is 5.56 Å². The zero-order valence-electron chi connectivity index (χ0n) is 13.5. The highest BCUT2D eigenvalue weighted by molar-refractivity contribution is 5.86. The Morgan fingerprint density at radius 3 is 2.38 bits per heavy atom. The van der Waals surface area contributed by atoms with E-state index in [1.807, 2.05) is 39.0 Å². The average Bonchev–Trinajstić information content (AvgIpc) is 2.42. The van der Waals surface area contributed by atoms with E-state index < -0.39 is 0 Å². The van der Waals surface area contributed by atoms with E-state index in [0.29, 0.717) is 5.96 Å². The van der Waals surface area contributed by atoms with Gasteiger partial charge in [-0.05, 0) is 33.3 Å². The SMILES string of the molecule is CN=C(NCC(=O)NC(C)(C)C)NC(C)c1ccccc1. The molecule has 0 heterocycles. The van der Waals surface area contributed by atoms with Crippen molar-refractivity contribution in [2.45, 2.75) is 39.3 Å². The molecule has 5 heteroatoms. The molecule has 0 aliphatic carbocycles. The molecule has 0 aliphatic rings. The van der Waals surface area contributed by atoms with Gasteiger partial charge in [0.1, 0.15) is 0 Å². The molecule has 1 aromatic carbocycles. The number of amides is 1. The molecule has 0 aromatic heterocycles. The summed E-state index contributed by atoms with van der Waals surface area (Å²) in [6.07, 6.45) is 0. The van der Waals surface area contributed by atoms with Crippen molar-refractivity contribution in [1.82, 2.24) is 16.0 Å². The predicted octanol–water partition coefficient (Wildman–Crippen LogP) is 1.83. The number of guanidine groups is 1. The highest BCUT2D eigenvalue weighted by Gasteiger charge is 2.14. The number of nitrogens with one attached hydrogen (secondary N) is 3. The van der Waals surface area contributed by atoms with Crippen LogP contribution in [0.5, 0.6) is 0 Å². The van der Waals surface area contributed by atoms with E-state index >= 15 is 0 Å². The summed E-state index contributed by atoms with van der Waals surface area (Å²) in [7, 11) is 1.69. The van der Waals surface area contributed by atoms with Crippen LogP contribution in [0.2, 0.25) is 0 Å². The normalized spacial score (nSPS) is 13.5. The van der Waals surface area contributed by atoms with Gasteiger partial charge in [-0.25, -0.2) is 0 Å². The van der Waals surface area contributed by atoms with Crippen molar-refractivity contribution in [3.05, 3.63) is 35.9 Å². The van der Waals surface area contributed by atoms with Gasteiger partial charge in [0, 0.05) is 12.6 Å². The van der Waals surface area contributed by atoms with Crippen LogP contribution in [0.4, 0.5) is 0 Å². The van der Waals surface area contributed by atoms with Gasteiger partial charge in [-0.2, -0.15) is 0 Å². The first-order valence-corrected chi connectivity index (χ1v) is 7.15. The molecule has 21 heavy (non-hydrogen) atoms. The Hall–Kier alpha value is -2.04. The molecule has 1 amide bonds. The lowest BCUT2D eigenvalue weighted by Crippen LogP contribution is -2.48. The second-order valence-corrected chi connectivity index (χ2v) is 6.00. The molecule has 0 saturated heterocycles. The third kappa shape index (κ3) is 6.79. The highest BCUT2D eigenvalue weighted by atomic mass is 16.2. The molecule has 5 nitrogen and oxygen atoms in total. The molecule has 0 fully saturated rings. The van der Waals surface area contributed by atoms with Gasteiger partial charge in [0.2, 0.25) is 5.91 Å². The van der Waals surface area contributed by atoms with E-state index in [0.717, 1.165) is 0 Å². The standard InChI is InChI=1S/C16H26N4O/c1-12(13-9-7-6-8-10-13)19-15(17-5)18-11-14(21)20-16(2,3)4/h6-10,12H,11H2,1-5H3,(H,20,21)(H2,17,18,19). The largest absolute Gasteiger partial charge is 0.350 e. The molecule has 0 saturated carbocycles. The van der Waals surface area contributed by atoms with Gasteiger partial charge in [-0.1, -0.05) is 30.3 Å². The maximum atomic E-state index is 11.8. The molecular formula is C16H26N4O. The fraction of sp³-hybridized carbons (Fsp3) is 0.500. The third-order valence-electron chi connectivity index (χ3n) is 2.81. The number of nitrogens with zero attached hydrogens (tertiary/aromatic N) is 1. The summed E-state index contributed by atoms with van der Waals surface area (Å²) in [5.74, 6) is 0.549. The zero-order chi connectivity index (χ0) is 15.9. The summed E-state index contributed by atoms with van der Waals surface area (Å²) >= 11 is 0. The van der Waals surface area contributed by atoms with E-state index in [4.69, 9.17) is 0 Å². The molecule has 1 aromatic rings. The molecule has 0 radical (unpaired) electrons. The van der Waals surface area contributed by atoms with Crippen molar-refractivity contribution in [3.8, 4) is 0 Å². The molecule has 3 N–H and O–H groups in total. The summed E-state index contributed by atoms with van der Waals surface area (Å²) < 4.78 is 0. The summed E-state index contributed by atoms with van der Waals surface area (Å²) in [4.78, 5) is 15.9. The van der Waals surface area contributed by atoms with Crippen LogP contribution in [0.25, 0.3) is 0 Å². The number of hydrogen-bond donors (Lipinski definition) is 3. The minimum absolute atomic E-state index is 0.0576. The number of rotatable bonds is 4. The first-order chi connectivity index (χ1) is 9.81. The van der Waals surface area contributed by atoms with E-state index in [1.54, 1.807) is 7.05 Å². The van der Waals surface area contributed by atoms with Gasteiger partial charge in [0.15, 0.2) is 5.96 Å². The molecule has 1 atom stereocenters. The van der Waals surface area contributed by atoms with E-state index in [2.05, 4.69) is 40.0 Å². The molecule has 0 bridgehead atoms. The Bertz CT molecular complexity index is 477. The number of carbonyl (C=O) groups excluding carboxylic acids is 1. The van der Waals surface area contributed by atoms with E-state index in [-0.39, 0.29) is 24.0 Å². The quantitative estimate of drug-likeness (QED) is 0.585. The smallest absolute Gasteiger partial charge is 0.239 e. The lowest BCUT2D eigenvalue weighted by atomic mass is 10.1. The molecule has 1 unspecified atom stereocenters. The van der Waals surface area contributed by atoms with E-state index in [9.17, 15) is 4.79 Å². The Labute approximate surface area is 127 Å². The minimum Gasteiger partial charge on any atom is -0.350 e. The van der Waals surface area contributed by atoms with Crippen LogP contribution in [0.15, 0.2) is 35.3 Å². The lowest BCUT2D eigenvalue weighted by molar-refractivity contribution is -0.121. The monoisotopic (exact) mass is 290 g/mol. The van der Waals surface area contributed by atoms with Gasteiger partial charge < -0.3 is 16.0 Å². The van der Waals surface area contributed by atoms with Crippen LogP contribution >= 0.6 is 0 Å². The fourth-order valence-corrected chi connectivity index (χ4v) is 1.85. The first-order valence-electron chi connectivity index (χ1n) is 7.15. The average molecular weight is 290 g/mol. The van der Waals surface area contributed by atoms with Crippen molar-refractivity contribution >= 4 is 11.9 Å². The topological polar surface area (TPSA) is 65.5 Å². The maximum Gasteiger partial charge on any atom is 0.239 e. The maximum absolute atomic E-state index is 11.8. The zero-order valence-corrected chi connectivity index (χ0v) is 13.5. The van der Waals surface area contributed by atoms with Crippen LogP contribution in [-0.2, 0) is 4.79 Å². The number of carbonyl (C=O) groups is 1. The molecule has 0 spiro atoms. The van der Waals surface area contributed by atoms with Crippen LogP contribution in [0.1, 0.15) is 39.3 Å². The Kier molecular flexibility index (Phi) is 6.21. The van der Waals surface area contributed by atoms with Gasteiger partial charge in [0.05, 0.1) is 12.6 Å². The van der Waals surface area contributed by atoms with Gasteiger partial charge >= 0.3 is 0 Å². The first kappa shape index (κ1) is 17.0. The Balaban J connectivity index is 2.48. The molecular weight excluding hydrogens is 264 g/mol. The van der Waals surface area contributed by atoms with Gasteiger partial charge in [-0.15, -0.1) is 0 Å². The minimum atomic E-state index is -0.229. The number of hydrogen-bond acceptors (Lipinski definition) is 2. The number of benzene rings is 1. The highest BCUT2D eigenvalue weighted by Crippen LogP contribution is 2.10. The van der Waals surface area contributed by atoms with Crippen molar-refractivity contribution in [3.63, 3.8) is 0 Å². The summed E-state index contributed by atoms with van der Waals surface area (Å²) in [5, 5.41) is 9.18. The third-order valence-corrected chi connectivity index (χ3v) is 2.81. The summed E-state index contributed by atoms with van der Waals surface area (Å²) in [6, 6.07) is 10.2. The van der Waals surface area contributed by atoms with Crippen LogP contribution in [-0.4, -0.2) is 31.0 Å². The fourth-order valence-electron chi connectivity index (χ4n) is 1.85. The Morgan fingerprint density at radius 2 is 1.86 bits per heavy atom.